The number of esters is 1. The number of carbonyl (C=O) groups is 3. The van der Waals surface area contributed by atoms with Crippen molar-refractivity contribution in [1.82, 2.24) is 10.6 Å². The van der Waals surface area contributed by atoms with Crippen LogP contribution in [-0.2, 0) is 35.2 Å². The Balaban J connectivity index is 2.24. The van der Waals surface area contributed by atoms with E-state index in [4.69, 9.17) is 14.2 Å². The molecule has 0 bridgehead atoms. The lowest BCUT2D eigenvalue weighted by molar-refractivity contribution is -0.245. The molecule has 5 atom stereocenters. The number of ether oxygens (including phenoxy) is 3. The number of amides is 2. The van der Waals surface area contributed by atoms with Crippen LogP contribution in [0.2, 0.25) is 0 Å². The van der Waals surface area contributed by atoms with E-state index in [1.54, 1.807) is 6.92 Å². The van der Waals surface area contributed by atoms with Gasteiger partial charge < -0.3 is 24.8 Å². The molecule has 0 aliphatic carbocycles. The molecule has 2 rings (SSSR count). The maximum atomic E-state index is 11.7. The first-order valence-electron chi connectivity index (χ1n) is 8.80. The Morgan fingerprint density at radius 1 is 1.00 bits per heavy atom. The number of nitrogens with one attached hydrogen (secondary N) is 2. The van der Waals surface area contributed by atoms with Gasteiger partial charge in [-0.25, -0.2) is 0 Å². The first kappa shape index (κ1) is 20.9. The molecule has 8 heteroatoms. The molecule has 0 radical (unpaired) electrons. The Labute approximate surface area is 158 Å². The van der Waals surface area contributed by atoms with Crippen LogP contribution in [0.25, 0.3) is 0 Å². The first-order chi connectivity index (χ1) is 12.8. The van der Waals surface area contributed by atoms with Crippen LogP contribution in [0.5, 0.6) is 0 Å². The molecule has 0 unspecified atom stereocenters. The monoisotopic (exact) mass is 378 g/mol. The lowest BCUT2D eigenvalue weighted by atomic mass is 9.94. The highest BCUT2D eigenvalue weighted by molar-refractivity contribution is 5.74. The van der Waals surface area contributed by atoms with Crippen molar-refractivity contribution in [1.29, 1.82) is 0 Å². The molecule has 1 aliphatic rings. The minimum absolute atomic E-state index is 0.256. The summed E-state index contributed by atoms with van der Waals surface area (Å²) in [6, 6.07) is 8.10. The molecule has 1 aromatic rings. The van der Waals surface area contributed by atoms with E-state index in [0.717, 1.165) is 5.56 Å². The van der Waals surface area contributed by atoms with Crippen LogP contribution in [-0.4, -0.2) is 48.4 Å². The van der Waals surface area contributed by atoms with E-state index in [0.29, 0.717) is 0 Å². The number of rotatable bonds is 6. The second-order valence-corrected chi connectivity index (χ2v) is 6.53. The largest absolute Gasteiger partial charge is 0.458 e. The summed E-state index contributed by atoms with van der Waals surface area (Å²) < 4.78 is 17.2. The molecule has 1 heterocycles. The maximum absolute atomic E-state index is 11.7. The third-order valence-electron chi connectivity index (χ3n) is 4.15. The van der Waals surface area contributed by atoms with E-state index in [1.165, 1.54) is 20.8 Å². The minimum Gasteiger partial charge on any atom is -0.458 e. The third-order valence-corrected chi connectivity index (χ3v) is 4.15. The molecule has 1 saturated heterocycles. The zero-order valence-corrected chi connectivity index (χ0v) is 15.9. The van der Waals surface area contributed by atoms with Crippen molar-refractivity contribution in [3.8, 4) is 0 Å². The Morgan fingerprint density at radius 2 is 1.59 bits per heavy atom. The summed E-state index contributed by atoms with van der Waals surface area (Å²) in [5.41, 5.74) is 0.934. The van der Waals surface area contributed by atoms with Crippen molar-refractivity contribution in [2.24, 2.45) is 0 Å². The fraction of sp³-hybridized carbons (Fsp3) is 0.526. The molecule has 0 saturated carbocycles. The summed E-state index contributed by atoms with van der Waals surface area (Å²) in [6.45, 7) is 6.00. The van der Waals surface area contributed by atoms with E-state index in [9.17, 15) is 14.4 Å². The maximum Gasteiger partial charge on any atom is 0.303 e. The van der Waals surface area contributed by atoms with Crippen molar-refractivity contribution in [2.75, 3.05) is 0 Å². The smallest absolute Gasteiger partial charge is 0.303 e. The molecule has 148 valence electrons. The van der Waals surface area contributed by atoms with Gasteiger partial charge in [-0.2, -0.15) is 0 Å². The van der Waals surface area contributed by atoms with E-state index < -0.39 is 36.6 Å². The van der Waals surface area contributed by atoms with Crippen LogP contribution in [0, 0.1) is 0 Å². The van der Waals surface area contributed by atoms with Crippen LogP contribution in [0.15, 0.2) is 30.3 Å². The zero-order valence-electron chi connectivity index (χ0n) is 15.9. The van der Waals surface area contributed by atoms with Gasteiger partial charge in [0.1, 0.15) is 12.1 Å². The van der Waals surface area contributed by atoms with Crippen LogP contribution in [0.1, 0.15) is 33.3 Å². The van der Waals surface area contributed by atoms with Gasteiger partial charge in [0.05, 0.1) is 18.8 Å². The highest BCUT2D eigenvalue weighted by Gasteiger charge is 2.47. The van der Waals surface area contributed by atoms with Crippen LogP contribution < -0.4 is 10.6 Å². The topological polar surface area (TPSA) is 103 Å². The predicted octanol–water partition coefficient (Wildman–Crippen LogP) is 0.889. The fourth-order valence-corrected chi connectivity index (χ4v) is 3.08. The van der Waals surface area contributed by atoms with Crippen molar-refractivity contribution in [2.45, 2.75) is 64.9 Å². The van der Waals surface area contributed by atoms with Crippen molar-refractivity contribution >= 4 is 17.8 Å². The number of benzene rings is 1. The molecule has 2 amide bonds. The molecular formula is C19H26N2O6. The Kier molecular flexibility index (Phi) is 7.32. The van der Waals surface area contributed by atoms with Gasteiger partial charge in [-0.15, -0.1) is 0 Å². The summed E-state index contributed by atoms with van der Waals surface area (Å²) in [5.74, 6) is -1.15. The zero-order chi connectivity index (χ0) is 20.0. The van der Waals surface area contributed by atoms with Crippen molar-refractivity contribution in [3.63, 3.8) is 0 Å². The average molecular weight is 378 g/mol. The van der Waals surface area contributed by atoms with Gasteiger partial charge in [-0.05, 0) is 12.5 Å². The third kappa shape index (κ3) is 6.04. The molecule has 27 heavy (non-hydrogen) atoms. The normalized spacial score (nSPS) is 27.5. The van der Waals surface area contributed by atoms with Gasteiger partial charge in [-0.3, -0.25) is 14.4 Å². The van der Waals surface area contributed by atoms with Crippen molar-refractivity contribution < 1.29 is 28.6 Å². The number of carbonyl (C=O) groups excluding carboxylic acids is 3. The van der Waals surface area contributed by atoms with Gasteiger partial charge in [0.25, 0.3) is 0 Å². The molecular weight excluding hydrogens is 352 g/mol. The Hall–Kier alpha value is -2.45. The van der Waals surface area contributed by atoms with Crippen LogP contribution >= 0.6 is 0 Å². The SMILES string of the molecule is CC(=O)N[C@@H]1[C@H](OCc2ccccc2)O[C@@H](C)[C@H](NC(C)=O)[C@H]1OC(C)=O. The lowest BCUT2D eigenvalue weighted by Gasteiger charge is -2.45. The number of hydrogen-bond acceptors (Lipinski definition) is 6. The van der Waals surface area contributed by atoms with Crippen LogP contribution in [0.3, 0.4) is 0 Å². The summed E-state index contributed by atoms with van der Waals surface area (Å²) in [7, 11) is 0. The molecule has 1 fully saturated rings. The fourth-order valence-electron chi connectivity index (χ4n) is 3.08. The van der Waals surface area contributed by atoms with E-state index >= 15 is 0 Å². The molecule has 1 aromatic carbocycles. The second-order valence-electron chi connectivity index (χ2n) is 6.53. The van der Waals surface area contributed by atoms with Gasteiger partial charge in [-0.1, -0.05) is 30.3 Å². The van der Waals surface area contributed by atoms with Gasteiger partial charge in [0.15, 0.2) is 6.29 Å². The van der Waals surface area contributed by atoms with Gasteiger partial charge in [0.2, 0.25) is 11.8 Å². The molecule has 0 aromatic heterocycles. The van der Waals surface area contributed by atoms with E-state index in [1.807, 2.05) is 30.3 Å². The van der Waals surface area contributed by atoms with Gasteiger partial charge in [0, 0.05) is 20.8 Å². The minimum atomic E-state index is -0.849. The second kappa shape index (κ2) is 9.48. The van der Waals surface area contributed by atoms with E-state index in [2.05, 4.69) is 10.6 Å². The molecule has 0 spiro atoms. The first-order valence-corrected chi connectivity index (χ1v) is 8.80. The Bertz CT molecular complexity index is 665. The summed E-state index contributed by atoms with van der Waals surface area (Å²) in [6.07, 6.45) is -2.18. The standard InChI is InChI=1S/C19H26N2O6/c1-11-16(20-12(2)22)18(27-14(4)24)17(21-13(3)23)19(26-11)25-10-15-8-6-5-7-9-15/h5-9,11,16-19H,10H2,1-4H3,(H,20,22)(H,21,23)/t11-,16-,17-,18+,19+/m0/s1. The predicted molar refractivity (Wildman–Crippen MR) is 96.3 cm³/mol. The number of hydrogen-bond donors (Lipinski definition) is 2. The highest BCUT2D eigenvalue weighted by atomic mass is 16.7. The highest BCUT2D eigenvalue weighted by Crippen LogP contribution is 2.25. The Morgan fingerprint density at radius 3 is 2.15 bits per heavy atom. The quantitative estimate of drug-likeness (QED) is 0.713. The molecule has 8 nitrogen and oxygen atoms in total. The summed E-state index contributed by atoms with van der Waals surface area (Å²) >= 11 is 0. The van der Waals surface area contributed by atoms with Gasteiger partial charge >= 0.3 is 5.97 Å². The summed E-state index contributed by atoms with van der Waals surface area (Å²) in [4.78, 5) is 34.9. The molecule has 1 aliphatic heterocycles. The molecule has 2 N–H and O–H groups in total. The average Bonchev–Trinajstić information content (AvgIpc) is 2.59. The van der Waals surface area contributed by atoms with Crippen molar-refractivity contribution in [3.05, 3.63) is 35.9 Å². The van der Waals surface area contributed by atoms with E-state index in [-0.39, 0.29) is 18.4 Å². The lowest BCUT2D eigenvalue weighted by Crippen LogP contribution is -2.68. The van der Waals surface area contributed by atoms with Crippen LogP contribution in [0.4, 0.5) is 0 Å². The summed E-state index contributed by atoms with van der Waals surface area (Å²) in [5, 5.41) is 5.47.